The molecule has 0 atom stereocenters. The Hall–Kier alpha value is -1.01. The average molecular weight is 368 g/mol. The Kier molecular flexibility index (Phi) is 5.31. The van der Waals surface area contributed by atoms with Crippen LogP contribution in [0, 0.1) is 0 Å². The standard InChI is InChI=1S/C17H18ClNO2S2/c18-13-3-1-12(2-4-13)14-5-6-15(23-14)16(21)19-17(11-20)7-9-22-10-8-17/h1-6,20H,7-11H2,(H,19,21). The summed E-state index contributed by atoms with van der Waals surface area (Å²) < 4.78 is 0. The maximum Gasteiger partial charge on any atom is 0.261 e. The number of aliphatic hydroxyl groups excluding tert-OH is 1. The highest BCUT2D eigenvalue weighted by molar-refractivity contribution is 7.99. The monoisotopic (exact) mass is 367 g/mol. The molecule has 1 aliphatic rings. The van der Waals surface area contributed by atoms with Gasteiger partial charge in [0.2, 0.25) is 0 Å². The molecule has 1 fully saturated rings. The number of carbonyl (C=O) groups is 1. The van der Waals surface area contributed by atoms with Crippen LogP contribution in [0.2, 0.25) is 5.02 Å². The van der Waals surface area contributed by atoms with Crippen LogP contribution >= 0.6 is 34.7 Å². The number of hydrogen-bond acceptors (Lipinski definition) is 4. The largest absolute Gasteiger partial charge is 0.394 e. The molecule has 1 aliphatic heterocycles. The summed E-state index contributed by atoms with van der Waals surface area (Å²) in [6.07, 6.45) is 1.63. The Bertz CT molecular complexity index is 678. The van der Waals surface area contributed by atoms with Crippen molar-refractivity contribution in [2.45, 2.75) is 18.4 Å². The molecule has 1 aromatic heterocycles. The maximum atomic E-state index is 12.5. The van der Waals surface area contributed by atoms with Crippen molar-refractivity contribution in [1.29, 1.82) is 0 Å². The zero-order valence-electron chi connectivity index (χ0n) is 12.5. The van der Waals surface area contributed by atoms with E-state index < -0.39 is 5.54 Å². The molecule has 3 rings (SSSR count). The van der Waals surface area contributed by atoms with Gasteiger partial charge in [-0.1, -0.05) is 23.7 Å². The van der Waals surface area contributed by atoms with Crippen molar-refractivity contribution in [3.8, 4) is 10.4 Å². The molecule has 0 bridgehead atoms. The number of carbonyl (C=O) groups excluding carboxylic acids is 1. The number of benzene rings is 1. The topological polar surface area (TPSA) is 49.3 Å². The van der Waals surface area contributed by atoms with Crippen LogP contribution in [-0.2, 0) is 0 Å². The second-order valence-corrected chi connectivity index (χ2v) is 8.42. The lowest BCUT2D eigenvalue weighted by atomic mass is 9.93. The molecule has 0 aliphatic carbocycles. The predicted octanol–water partition coefficient (Wildman–Crippen LogP) is 4.06. The summed E-state index contributed by atoms with van der Waals surface area (Å²) in [4.78, 5) is 14.2. The van der Waals surface area contributed by atoms with E-state index in [1.165, 1.54) is 11.3 Å². The molecule has 2 N–H and O–H groups in total. The Morgan fingerprint density at radius 3 is 2.52 bits per heavy atom. The normalized spacial score (nSPS) is 17.0. The Balaban J connectivity index is 1.74. The van der Waals surface area contributed by atoms with E-state index in [4.69, 9.17) is 11.6 Å². The van der Waals surface area contributed by atoms with Crippen LogP contribution in [0.1, 0.15) is 22.5 Å². The first-order chi connectivity index (χ1) is 11.1. The molecule has 0 spiro atoms. The maximum absolute atomic E-state index is 12.5. The van der Waals surface area contributed by atoms with Gasteiger partial charge in [-0.15, -0.1) is 11.3 Å². The fraction of sp³-hybridized carbons (Fsp3) is 0.353. The summed E-state index contributed by atoms with van der Waals surface area (Å²) in [6.45, 7) is -0.00524. The summed E-state index contributed by atoms with van der Waals surface area (Å²) >= 11 is 9.23. The van der Waals surface area contributed by atoms with Gasteiger partial charge in [-0.25, -0.2) is 0 Å². The van der Waals surface area contributed by atoms with E-state index in [-0.39, 0.29) is 12.5 Å². The third-order valence-corrected chi connectivity index (χ3v) is 6.46. The van der Waals surface area contributed by atoms with Gasteiger partial charge in [-0.2, -0.15) is 11.8 Å². The first-order valence-corrected chi connectivity index (χ1v) is 9.84. The van der Waals surface area contributed by atoms with Gasteiger partial charge in [-0.05, 0) is 54.2 Å². The Labute approximate surface area is 149 Å². The average Bonchev–Trinajstić information content (AvgIpc) is 3.06. The molecule has 2 heterocycles. The van der Waals surface area contributed by atoms with Crippen molar-refractivity contribution in [3.63, 3.8) is 0 Å². The SMILES string of the molecule is O=C(NC1(CO)CCSCC1)c1ccc(-c2ccc(Cl)cc2)s1. The van der Waals surface area contributed by atoms with Crippen LogP contribution in [0.25, 0.3) is 10.4 Å². The number of amides is 1. The minimum Gasteiger partial charge on any atom is -0.394 e. The molecule has 2 aromatic rings. The van der Waals surface area contributed by atoms with Crippen molar-refractivity contribution in [2.75, 3.05) is 18.1 Å². The van der Waals surface area contributed by atoms with Crippen LogP contribution in [0.3, 0.4) is 0 Å². The lowest BCUT2D eigenvalue weighted by molar-refractivity contribution is 0.0821. The lowest BCUT2D eigenvalue weighted by Crippen LogP contribution is -2.53. The van der Waals surface area contributed by atoms with Crippen LogP contribution in [0.15, 0.2) is 36.4 Å². The zero-order chi connectivity index (χ0) is 16.3. The summed E-state index contributed by atoms with van der Waals surface area (Å²) in [5.74, 6) is 1.85. The van der Waals surface area contributed by atoms with Crippen LogP contribution < -0.4 is 5.32 Å². The van der Waals surface area contributed by atoms with E-state index in [1.54, 1.807) is 0 Å². The lowest BCUT2D eigenvalue weighted by Gasteiger charge is -2.36. The summed E-state index contributed by atoms with van der Waals surface area (Å²) in [6, 6.07) is 11.4. The number of thioether (sulfide) groups is 1. The van der Waals surface area contributed by atoms with Gasteiger partial charge in [0.25, 0.3) is 5.91 Å². The number of thiophene rings is 1. The first kappa shape index (κ1) is 16.8. The van der Waals surface area contributed by atoms with Gasteiger partial charge in [0, 0.05) is 9.90 Å². The quantitative estimate of drug-likeness (QED) is 0.856. The first-order valence-electron chi connectivity index (χ1n) is 7.49. The van der Waals surface area contributed by atoms with Gasteiger partial charge in [0.15, 0.2) is 0 Å². The molecule has 0 saturated carbocycles. The van der Waals surface area contributed by atoms with Crippen molar-refractivity contribution in [2.24, 2.45) is 0 Å². The Morgan fingerprint density at radius 2 is 1.87 bits per heavy atom. The van der Waals surface area contributed by atoms with Gasteiger partial charge in [0.1, 0.15) is 0 Å². The fourth-order valence-electron chi connectivity index (χ4n) is 2.62. The second kappa shape index (κ2) is 7.26. The number of aliphatic hydroxyl groups is 1. The number of rotatable bonds is 4. The number of halogens is 1. The molecule has 0 radical (unpaired) electrons. The van der Waals surface area contributed by atoms with Gasteiger partial charge >= 0.3 is 0 Å². The van der Waals surface area contributed by atoms with Crippen molar-refractivity contribution in [1.82, 2.24) is 5.32 Å². The summed E-state index contributed by atoms with van der Waals surface area (Å²) in [5, 5.41) is 13.5. The molecular weight excluding hydrogens is 350 g/mol. The second-order valence-electron chi connectivity index (χ2n) is 5.68. The van der Waals surface area contributed by atoms with Crippen LogP contribution in [0.4, 0.5) is 0 Å². The zero-order valence-corrected chi connectivity index (χ0v) is 14.9. The summed E-state index contributed by atoms with van der Waals surface area (Å²) in [7, 11) is 0. The van der Waals surface area contributed by atoms with Gasteiger partial charge < -0.3 is 10.4 Å². The van der Waals surface area contributed by atoms with Crippen LogP contribution in [0.5, 0.6) is 0 Å². The van der Waals surface area contributed by atoms with E-state index in [0.717, 1.165) is 34.8 Å². The number of hydrogen-bond donors (Lipinski definition) is 2. The van der Waals surface area contributed by atoms with Gasteiger partial charge in [0.05, 0.1) is 17.0 Å². The molecule has 122 valence electrons. The summed E-state index contributed by atoms with van der Waals surface area (Å²) in [5.41, 5.74) is 0.580. The minimum absolute atomic E-state index is 0.00524. The Morgan fingerprint density at radius 1 is 1.17 bits per heavy atom. The molecular formula is C17H18ClNO2S2. The highest BCUT2D eigenvalue weighted by atomic mass is 35.5. The predicted molar refractivity (Wildman–Crippen MR) is 98.6 cm³/mol. The molecule has 1 aromatic carbocycles. The van der Waals surface area contributed by atoms with E-state index in [1.807, 2.05) is 48.2 Å². The van der Waals surface area contributed by atoms with Crippen molar-refractivity contribution >= 4 is 40.6 Å². The van der Waals surface area contributed by atoms with Crippen LogP contribution in [-0.4, -0.2) is 34.7 Å². The molecule has 0 unspecified atom stereocenters. The number of nitrogens with one attached hydrogen (secondary N) is 1. The third-order valence-electron chi connectivity index (χ3n) is 4.09. The minimum atomic E-state index is -0.466. The molecule has 1 saturated heterocycles. The van der Waals surface area contributed by atoms with Crippen molar-refractivity contribution < 1.29 is 9.90 Å². The molecule has 1 amide bonds. The smallest absolute Gasteiger partial charge is 0.261 e. The van der Waals surface area contributed by atoms with E-state index >= 15 is 0 Å². The molecule has 23 heavy (non-hydrogen) atoms. The third kappa shape index (κ3) is 3.91. The van der Waals surface area contributed by atoms with E-state index in [2.05, 4.69) is 5.32 Å². The highest BCUT2D eigenvalue weighted by Crippen LogP contribution is 2.31. The van der Waals surface area contributed by atoms with Gasteiger partial charge in [-0.3, -0.25) is 4.79 Å². The highest BCUT2D eigenvalue weighted by Gasteiger charge is 2.33. The fourth-order valence-corrected chi connectivity index (χ4v) is 4.92. The van der Waals surface area contributed by atoms with E-state index in [9.17, 15) is 9.90 Å². The molecule has 6 heteroatoms. The van der Waals surface area contributed by atoms with E-state index in [0.29, 0.717) is 9.90 Å². The molecule has 3 nitrogen and oxygen atoms in total. The van der Waals surface area contributed by atoms with Crippen molar-refractivity contribution in [3.05, 3.63) is 46.3 Å².